The molecule has 0 aliphatic heterocycles. The summed E-state index contributed by atoms with van der Waals surface area (Å²) in [5, 5.41) is 0. The first-order valence-electron chi connectivity index (χ1n) is 5.49. The maximum atomic E-state index is 10.9. The van der Waals surface area contributed by atoms with Crippen LogP contribution >= 0.6 is 0 Å². The topological polar surface area (TPSA) is 149 Å². The average molecular weight is 379 g/mol. The van der Waals surface area contributed by atoms with Gasteiger partial charge in [0, 0.05) is 20.4 Å². The molecule has 0 radical (unpaired) electrons. The van der Waals surface area contributed by atoms with Crippen LogP contribution in [-0.2, 0) is 20.4 Å². The maximum absolute atomic E-state index is 10.9. The van der Waals surface area contributed by atoms with Crippen molar-refractivity contribution in [1.29, 1.82) is 0 Å². The number of H-pyrrole nitrogens is 4. The Labute approximate surface area is 129 Å². The molecule has 0 atom stereocenters. The van der Waals surface area contributed by atoms with E-state index in [4.69, 9.17) is 0 Å². The molecular formula is C10H8N8O2Pd. The fourth-order valence-electron chi connectivity index (χ4n) is 1.55. The van der Waals surface area contributed by atoms with Crippen LogP contribution in [0.1, 0.15) is 0 Å². The van der Waals surface area contributed by atoms with Crippen molar-refractivity contribution in [3.8, 4) is 0 Å². The van der Waals surface area contributed by atoms with Crippen LogP contribution in [0, 0.1) is 0 Å². The van der Waals surface area contributed by atoms with Crippen molar-refractivity contribution in [2.24, 2.45) is 0 Å². The van der Waals surface area contributed by atoms with Crippen LogP contribution in [0.3, 0.4) is 0 Å². The Morgan fingerprint density at radius 1 is 0.619 bits per heavy atom. The van der Waals surface area contributed by atoms with Crippen LogP contribution in [0.4, 0.5) is 0 Å². The van der Waals surface area contributed by atoms with E-state index < -0.39 is 0 Å². The van der Waals surface area contributed by atoms with Gasteiger partial charge in [-0.15, -0.1) is 0 Å². The number of nitrogens with zero attached hydrogens (tertiary/aromatic N) is 4. The van der Waals surface area contributed by atoms with E-state index in [9.17, 15) is 9.59 Å². The molecule has 0 bridgehead atoms. The first-order chi connectivity index (χ1) is 9.75. The Hall–Kier alpha value is -2.64. The second-order valence-electron chi connectivity index (χ2n) is 3.67. The van der Waals surface area contributed by atoms with Gasteiger partial charge in [0.25, 0.3) is 11.1 Å². The Bertz CT molecular complexity index is 888. The predicted molar refractivity (Wildman–Crippen MR) is 69.0 cm³/mol. The summed E-state index contributed by atoms with van der Waals surface area (Å²) in [6, 6.07) is 0. The monoisotopic (exact) mass is 378 g/mol. The van der Waals surface area contributed by atoms with Crippen molar-refractivity contribution in [2.45, 2.75) is 0 Å². The summed E-state index contributed by atoms with van der Waals surface area (Å²) in [6.07, 6.45) is 5.52. The Balaban J connectivity index is 0.000000147. The van der Waals surface area contributed by atoms with E-state index in [0.29, 0.717) is 22.3 Å². The summed E-state index contributed by atoms with van der Waals surface area (Å²) in [6.45, 7) is 0. The van der Waals surface area contributed by atoms with Crippen molar-refractivity contribution < 1.29 is 20.4 Å². The molecule has 0 unspecified atom stereocenters. The third-order valence-electron chi connectivity index (χ3n) is 2.46. The van der Waals surface area contributed by atoms with Gasteiger partial charge in [0.05, 0.1) is 25.3 Å². The molecule has 4 N–H and O–H groups in total. The van der Waals surface area contributed by atoms with Gasteiger partial charge in [-0.1, -0.05) is 0 Å². The van der Waals surface area contributed by atoms with Crippen LogP contribution < -0.4 is 11.1 Å². The largest absolute Gasteiger partial charge is 0.339 e. The molecule has 10 nitrogen and oxygen atoms in total. The van der Waals surface area contributed by atoms with E-state index in [-0.39, 0.29) is 31.5 Å². The van der Waals surface area contributed by atoms with E-state index in [2.05, 4.69) is 39.9 Å². The van der Waals surface area contributed by atoms with Gasteiger partial charge in [-0.3, -0.25) is 9.59 Å². The van der Waals surface area contributed by atoms with Gasteiger partial charge >= 0.3 is 0 Å². The van der Waals surface area contributed by atoms with Gasteiger partial charge in [-0.05, 0) is 0 Å². The van der Waals surface area contributed by atoms with Crippen molar-refractivity contribution >= 4 is 22.3 Å². The molecule has 11 heteroatoms. The van der Waals surface area contributed by atoms with Gasteiger partial charge in [0.15, 0.2) is 22.3 Å². The van der Waals surface area contributed by atoms with E-state index in [0.717, 1.165) is 0 Å². The zero-order chi connectivity index (χ0) is 13.9. The molecule has 4 aromatic rings. The number of hydrogen-bond donors (Lipinski definition) is 4. The molecular weight excluding hydrogens is 371 g/mol. The molecule has 4 rings (SSSR count). The minimum atomic E-state index is -0.192. The van der Waals surface area contributed by atoms with Crippen LogP contribution in [0.5, 0.6) is 0 Å². The summed E-state index contributed by atoms with van der Waals surface area (Å²) in [7, 11) is 0. The second kappa shape index (κ2) is 6.21. The van der Waals surface area contributed by atoms with E-state index >= 15 is 0 Å². The maximum Gasteiger partial charge on any atom is 0.276 e. The molecule has 4 aromatic heterocycles. The Morgan fingerprint density at radius 2 is 0.952 bits per heavy atom. The molecule has 21 heavy (non-hydrogen) atoms. The fourth-order valence-corrected chi connectivity index (χ4v) is 1.55. The van der Waals surface area contributed by atoms with E-state index in [1.54, 1.807) is 0 Å². The summed E-state index contributed by atoms with van der Waals surface area (Å²) < 4.78 is 0. The van der Waals surface area contributed by atoms with Crippen molar-refractivity contribution in [3.05, 3.63) is 46.0 Å². The smallest absolute Gasteiger partial charge is 0.276 e. The summed E-state index contributed by atoms with van der Waals surface area (Å²) in [4.78, 5) is 47.1. The zero-order valence-electron chi connectivity index (χ0n) is 10.2. The normalized spacial score (nSPS) is 9.90. The third-order valence-corrected chi connectivity index (χ3v) is 2.46. The number of hydrogen-bond acceptors (Lipinski definition) is 6. The number of aromatic amines is 4. The average Bonchev–Trinajstić information content (AvgIpc) is 3.08. The minimum Gasteiger partial charge on any atom is -0.339 e. The number of rotatable bonds is 0. The van der Waals surface area contributed by atoms with Gasteiger partial charge in [-0.2, -0.15) is 0 Å². The number of nitrogens with one attached hydrogen (secondary N) is 4. The molecule has 110 valence electrons. The first-order valence-corrected chi connectivity index (χ1v) is 5.49. The summed E-state index contributed by atoms with van der Waals surface area (Å²) in [5.74, 6) is 0. The third kappa shape index (κ3) is 2.94. The van der Waals surface area contributed by atoms with Gasteiger partial charge in [0.2, 0.25) is 0 Å². The van der Waals surface area contributed by atoms with Gasteiger partial charge in [-0.25, -0.2) is 19.9 Å². The van der Waals surface area contributed by atoms with Crippen molar-refractivity contribution in [3.63, 3.8) is 0 Å². The molecule has 4 heterocycles. The zero-order valence-corrected chi connectivity index (χ0v) is 11.8. The number of aromatic nitrogens is 8. The van der Waals surface area contributed by atoms with Crippen molar-refractivity contribution in [2.75, 3.05) is 0 Å². The van der Waals surface area contributed by atoms with Gasteiger partial charge in [0.1, 0.15) is 0 Å². The van der Waals surface area contributed by atoms with Crippen LogP contribution in [0.25, 0.3) is 22.3 Å². The molecule has 0 fully saturated rings. The molecule has 0 aliphatic rings. The SMILES string of the molecule is O=c1[nH]cnc2nc[nH]c12.O=c1[nH]cnc2nc[nH]c12.[Pd]. The van der Waals surface area contributed by atoms with E-state index in [1.165, 1.54) is 25.3 Å². The molecule has 0 saturated heterocycles. The Kier molecular flexibility index (Phi) is 4.37. The summed E-state index contributed by atoms with van der Waals surface area (Å²) in [5.41, 5.74) is 1.35. The molecule has 0 saturated carbocycles. The number of fused-ring (bicyclic) bond motifs is 2. The molecule has 0 spiro atoms. The second-order valence-corrected chi connectivity index (χ2v) is 3.67. The predicted octanol–water partition coefficient (Wildman–Crippen LogP) is -0.710. The minimum absolute atomic E-state index is 0. The van der Waals surface area contributed by atoms with Crippen LogP contribution in [0.15, 0.2) is 34.9 Å². The standard InChI is InChI=1S/2C5H4N4O.Pd/c2*10-5-3-4(7-1-6-3)8-2-9-5;/h2*1-2H,(H2,6,7,8,9,10);. The molecule has 0 amide bonds. The first kappa shape index (κ1) is 14.8. The van der Waals surface area contributed by atoms with E-state index in [1.807, 2.05) is 0 Å². The summed E-state index contributed by atoms with van der Waals surface area (Å²) >= 11 is 0. The Morgan fingerprint density at radius 3 is 1.29 bits per heavy atom. The molecule has 0 aliphatic carbocycles. The quantitative estimate of drug-likeness (QED) is 0.297. The van der Waals surface area contributed by atoms with Gasteiger partial charge < -0.3 is 19.9 Å². The fraction of sp³-hybridized carbons (Fsp3) is 0. The van der Waals surface area contributed by atoms with Crippen LogP contribution in [0.2, 0.25) is 0 Å². The van der Waals surface area contributed by atoms with Crippen LogP contribution in [-0.4, -0.2) is 39.9 Å². The van der Waals surface area contributed by atoms with Crippen molar-refractivity contribution in [1.82, 2.24) is 39.9 Å². The molecule has 0 aromatic carbocycles. The number of imidazole rings is 2.